The number of aromatic nitrogens is 2. The average Bonchev–Trinajstić information content (AvgIpc) is 3.11. The molecule has 2 aromatic carbocycles. The molecule has 0 aliphatic carbocycles. The van der Waals surface area contributed by atoms with Crippen LogP contribution in [-0.2, 0) is 0 Å². The van der Waals surface area contributed by atoms with Gasteiger partial charge < -0.3 is 24.3 Å². The molecule has 2 N–H and O–H groups in total. The Morgan fingerprint density at radius 1 is 1.00 bits per heavy atom. The minimum absolute atomic E-state index is 0.195. The minimum atomic E-state index is -0.195. The van der Waals surface area contributed by atoms with Crippen LogP contribution in [0.25, 0.3) is 11.0 Å². The maximum absolute atomic E-state index is 11.3. The molecule has 0 unspecified atom stereocenters. The van der Waals surface area contributed by atoms with Crippen molar-refractivity contribution in [3.05, 3.63) is 52.9 Å². The summed E-state index contributed by atoms with van der Waals surface area (Å²) in [6.45, 7) is 5.75. The number of methoxy groups -OCH3 is 1. The fraction of sp³-hybridized carbons (Fsp3) is 0.381. The molecule has 0 atom stereocenters. The van der Waals surface area contributed by atoms with Gasteiger partial charge in [0.05, 0.1) is 30.4 Å². The largest absolute Gasteiger partial charge is 0.495 e. The number of anilines is 1. The van der Waals surface area contributed by atoms with Gasteiger partial charge in [-0.25, -0.2) is 4.79 Å². The average molecular weight is 382 g/mol. The third-order valence-electron chi connectivity index (χ3n) is 5.17. The number of aromatic amines is 2. The number of hydrogen-bond donors (Lipinski definition) is 2. The van der Waals surface area contributed by atoms with Gasteiger partial charge in [-0.3, -0.25) is 4.90 Å². The van der Waals surface area contributed by atoms with E-state index in [-0.39, 0.29) is 5.69 Å². The summed E-state index contributed by atoms with van der Waals surface area (Å²) in [5.41, 5.74) is 2.55. The molecule has 2 heterocycles. The van der Waals surface area contributed by atoms with Gasteiger partial charge in [0.15, 0.2) is 0 Å². The first-order valence-electron chi connectivity index (χ1n) is 9.68. The zero-order valence-corrected chi connectivity index (χ0v) is 16.1. The number of imidazole rings is 1. The number of para-hydroxylation sites is 2. The van der Waals surface area contributed by atoms with E-state index in [0.717, 1.165) is 61.7 Å². The lowest BCUT2D eigenvalue weighted by molar-refractivity contribution is 0.224. The summed E-state index contributed by atoms with van der Waals surface area (Å²) in [4.78, 5) is 21.7. The van der Waals surface area contributed by atoms with E-state index in [2.05, 4.69) is 31.9 Å². The molecule has 1 saturated heterocycles. The molecule has 28 heavy (non-hydrogen) atoms. The molecule has 1 aliphatic heterocycles. The standard InChI is InChI=1S/C21H26N4O3/c1-27-20-6-3-2-5-19(20)25-12-10-24(11-13-25)9-4-14-28-16-7-8-17-18(15-16)23-21(26)22-17/h2-3,5-8,15H,4,9-14H2,1H3,(H2,22,23,26). The molecular weight excluding hydrogens is 356 g/mol. The fourth-order valence-corrected chi connectivity index (χ4v) is 3.68. The monoisotopic (exact) mass is 382 g/mol. The predicted octanol–water partition coefficient (Wildman–Crippen LogP) is 2.46. The highest BCUT2D eigenvalue weighted by Crippen LogP contribution is 2.28. The van der Waals surface area contributed by atoms with E-state index in [0.29, 0.717) is 6.61 Å². The van der Waals surface area contributed by atoms with E-state index in [1.807, 2.05) is 30.3 Å². The van der Waals surface area contributed by atoms with Crippen molar-refractivity contribution in [3.8, 4) is 11.5 Å². The summed E-state index contributed by atoms with van der Waals surface area (Å²) in [6, 6.07) is 13.8. The summed E-state index contributed by atoms with van der Waals surface area (Å²) in [5, 5.41) is 0. The van der Waals surface area contributed by atoms with Crippen molar-refractivity contribution in [1.82, 2.24) is 14.9 Å². The van der Waals surface area contributed by atoms with E-state index in [4.69, 9.17) is 9.47 Å². The highest BCUT2D eigenvalue weighted by molar-refractivity contribution is 5.75. The van der Waals surface area contributed by atoms with Crippen molar-refractivity contribution in [2.24, 2.45) is 0 Å². The van der Waals surface area contributed by atoms with E-state index in [9.17, 15) is 4.79 Å². The van der Waals surface area contributed by atoms with Gasteiger partial charge in [-0.2, -0.15) is 0 Å². The molecule has 4 rings (SSSR count). The molecule has 7 heteroatoms. The number of H-pyrrole nitrogens is 2. The molecule has 1 aromatic heterocycles. The molecule has 3 aromatic rings. The van der Waals surface area contributed by atoms with Crippen LogP contribution < -0.4 is 20.1 Å². The van der Waals surface area contributed by atoms with Crippen molar-refractivity contribution < 1.29 is 9.47 Å². The number of benzene rings is 2. The van der Waals surface area contributed by atoms with Crippen LogP contribution in [0.4, 0.5) is 5.69 Å². The van der Waals surface area contributed by atoms with Gasteiger partial charge in [0.1, 0.15) is 11.5 Å². The van der Waals surface area contributed by atoms with Gasteiger partial charge in [0.25, 0.3) is 0 Å². The van der Waals surface area contributed by atoms with E-state index in [1.54, 1.807) is 7.11 Å². The smallest absolute Gasteiger partial charge is 0.323 e. The number of nitrogens with zero attached hydrogens (tertiary/aromatic N) is 2. The second-order valence-corrected chi connectivity index (χ2v) is 6.99. The molecule has 0 radical (unpaired) electrons. The van der Waals surface area contributed by atoms with E-state index < -0.39 is 0 Å². The summed E-state index contributed by atoms with van der Waals surface area (Å²) in [6.07, 6.45) is 0.969. The van der Waals surface area contributed by atoms with Crippen LogP contribution in [0.5, 0.6) is 11.5 Å². The zero-order chi connectivity index (χ0) is 19.3. The number of nitrogens with one attached hydrogen (secondary N) is 2. The van der Waals surface area contributed by atoms with Crippen LogP contribution >= 0.6 is 0 Å². The summed E-state index contributed by atoms with van der Waals surface area (Å²) in [7, 11) is 1.72. The number of hydrogen-bond acceptors (Lipinski definition) is 5. The minimum Gasteiger partial charge on any atom is -0.495 e. The molecular formula is C21H26N4O3. The number of rotatable bonds is 7. The summed E-state index contributed by atoms with van der Waals surface area (Å²) < 4.78 is 11.3. The van der Waals surface area contributed by atoms with Crippen LogP contribution in [0.1, 0.15) is 6.42 Å². The Balaban J connectivity index is 1.21. The number of piperazine rings is 1. The van der Waals surface area contributed by atoms with Gasteiger partial charge in [0, 0.05) is 38.8 Å². The van der Waals surface area contributed by atoms with Crippen LogP contribution in [0.3, 0.4) is 0 Å². The topological polar surface area (TPSA) is 73.6 Å². The van der Waals surface area contributed by atoms with Crippen molar-refractivity contribution in [2.75, 3.05) is 51.3 Å². The third-order valence-corrected chi connectivity index (χ3v) is 5.17. The predicted molar refractivity (Wildman–Crippen MR) is 111 cm³/mol. The van der Waals surface area contributed by atoms with Gasteiger partial charge >= 0.3 is 5.69 Å². The van der Waals surface area contributed by atoms with Crippen LogP contribution in [0.2, 0.25) is 0 Å². The second-order valence-electron chi connectivity index (χ2n) is 6.99. The Hall–Kier alpha value is -2.93. The quantitative estimate of drug-likeness (QED) is 0.614. The molecule has 1 fully saturated rings. The fourth-order valence-electron chi connectivity index (χ4n) is 3.68. The molecule has 0 spiro atoms. The SMILES string of the molecule is COc1ccccc1N1CCN(CCCOc2ccc3[nH]c(=O)[nH]c3c2)CC1. The van der Waals surface area contributed by atoms with Crippen LogP contribution in [-0.4, -0.2) is 61.3 Å². The lowest BCUT2D eigenvalue weighted by Crippen LogP contribution is -2.46. The van der Waals surface area contributed by atoms with Gasteiger partial charge in [-0.05, 0) is 30.7 Å². The maximum Gasteiger partial charge on any atom is 0.323 e. The maximum atomic E-state index is 11.3. The van der Waals surface area contributed by atoms with Crippen LogP contribution in [0.15, 0.2) is 47.3 Å². The van der Waals surface area contributed by atoms with E-state index in [1.165, 1.54) is 5.69 Å². The van der Waals surface area contributed by atoms with Gasteiger partial charge in [-0.1, -0.05) is 12.1 Å². The Morgan fingerprint density at radius 2 is 1.79 bits per heavy atom. The Morgan fingerprint density at radius 3 is 2.61 bits per heavy atom. The summed E-state index contributed by atoms with van der Waals surface area (Å²) >= 11 is 0. The van der Waals surface area contributed by atoms with Crippen molar-refractivity contribution in [1.29, 1.82) is 0 Å². The van der Waals surface area contributed by atoms with Crippen molar-refractivity contribution in [3.63, 3.8) is 0 Å². The number of ether oxygens (including phenoxy) is 2. The van der Waals surface area contributed by atoms with Crippen molar-refractivity contribution >= 4 is 16.7 Å². The van der Waals surface area contributed by atoms with Crippen molar-refractivity contribution in [2.45, 2.75) is 6.42 Å². The lowest BCUT2D eigenvalue weighted by Gasteiger charge is -2.36. The van der Waals surface area contributed by atoms with Gasteiger partial charge in [-0.15, -0.1) is 0 Å². The lowest BCUT2D eigenvalue weighted by atomic mass is 10.2. The molecule has 0 saturated carbocycles. The van der Waals surface area contributed by atoms with Gasteiger partial charge in [0.2, 0.25) is 0 Å². The molecule has 7 nitrogen and oxygen atoms in total. The zero-order valence-electron chi connectivity index (χ0n) is 16.1. The second kappa shape index (κ2) is 8.39. The highest BCUT2D eigenvalue weighted by atomic mass is 16.5. The first-order valence-corrected chi connectivity index (χ1v) is 9.68. The van der Waals surface area contributed by atoms with E-state index >= 15 is 0 Å². The first kappa shape index (κ1) is 18.4. The van der Waals surface area contributed by atoms with Crippen LogP contribution in [0, 0.1) is 0 Å². The molecule has 0 amide bonds. The third kappa shape index (κ3) is 4.14. The Bertz CT molecular complexity index is 973. The highest BCUT2D eigenvalue weighted by Gasteiger charge is 2.19. The first-order chi connectivity index (χ1) is 13.7. The molecule has 1 aliphatic rings. The number of fused-ring (bicyclic) bond motifs is 1. The normalized spacial score (nSPS) is 15.1. The Labute approximate surface area is 163 Å². The summed E-state index contributed by atoms with van der Waals surface area (Å²) in [5.74, 6) is 1.72. The molecule has 0 bridgehead atoms. The molecule has 148 valence electrons. The Kier molecular flexibility index (Phi) is 5.53.